The number of likely N-dealkylation sites (tertiary alicyclic amines) is 1. The van der Waals surface area contributed by atoms with Crippen LogP contribution in [0.3, 0.4) is 0 Å². The molecular formula is C37H46N4O4S. The summed E-state index contributed by atoms with van der Waals surface area (Å²) in [7, 11) is 0. The summed E-state index contributed by atoms with van der Waals surface area (Å²) in [6.07, 6.45) is 11.5. The smallest absolute Gasteiger partial charge is 0.251 e. The van der Waals surface area contributed by atoms with Crippen molar-refractivity contribution in [1.82, 2.24) is 9.80 Å². The number of aliphatic hydroxyl groups is 1. The van der Waals surface area contributed by atoms with Crippen LogP contribution in [0.1, 0.15) is 45.1 Å². The van der Waals surface area contributed by atoms with Crippen LogP contribution in [0.5, 0.6) is 0 Å². The summed E-state index contributed by atoms with van der Waals surface area (Å²) in [5.74, 6) is -1.36. The number of nitrogens with zero attached hydrogens (tertiary/aromatic N) is 4. The monoisotopic (exact) mass is 642 g/mol. The van der Waals surface area contributed by atoms with Crippen molar-refractivity contribution >= 4 is 40.9 Å². The standard InChI is InChI=1S/C37H46N4O4S/c1-3-38(4-2)28-17-19-29(20-18-28)40-24-13-21-37-32(35(44)41(33(37)36(40)45)23-10-5-6-11-25-42)31-30(46-37)16-12-22-39(34(31)43)26-27-14-8-7-9-15-27/h7-9,12-21,30-33,42H,3-6,10-11,22-26H2,1-2H3/t30-,31+,32-,33?,37-/m0/s1. The number of hydrogen-bond donors (Lipinski definition) is 1. The van der Waals surface area contributed by atoms with Crippen LogP contribution >= 0.6 is 11.8 Å². The SMILES string of the molecule is CCN(CC)c1ccc(N2CC=C[C@]34S[C@H]5C=CCN(Cc6ccccc6)C(=O)[C@H]5[C@H]3C(=O)N(CCCCCCO)C4C2=O)cc1. The van der Waals surface area contributed by atoms with Gasteiger partial charge in [0.2, 0.25) is 11.8 Å². The Morgan fingerprint density at radius 3 is 2.33 bits per heavy atom. The molecule has 0 saturated carbocycles. The first kappa shape index (κ1) is 32.4. The fourth-order valence-corrected chi connectivity index (χ4v) is 9.79. The summed E-state index contributed by atoms with van der Waals surface area (Å²) in [5.41, 5.74) is 2.97. The number of aliphatic hydroxyl groups excluding tert-OH is 1. The molecule has 0 aliphatic carbocycles. The average Bonchev–Trinajstić information content (AvgIpc) is 3.39. The number of carbonyl (C=O) groups is 3. The van der Waals surface area contributed by atoms with E-state index in [1.54, 1.807) is 16.7 Å². The maximum absolute atomic E-state index is 14.8. The molecule has 4 heterocycles. The summed E-state index contributed by atoms with van der Waals surface area (Å²) in [6.45, 7) is 8.06. The van der Waals surface area contributed by atoms with E-state index in [9.17, 15) is 19.5 Å². The van der Waals surface area contributed by atoms with Gasteiger partial charge in [-0.2, -0.15) is 0 Å². The zero-order chi connectivity index (χ0) is 32.3. The molecule has 1 N–H and O–H groups in total. The number of benzene rings is 2. The third-order valence-electron chi connectivity index (χ3n) is 10.1. The average molecular weight is 643 g/mol. The second kappa shape index (κ2) is 14.1. The van der Waals surface area contributed by atoms with E-state index in [4.69, 9.17) is 0 Å². The molecule has 244 valence electrons. The third-order valence-corrected chi connectivity index (χ3v) is 11.8. The predicted octanol–water partition coefficient (Wildman–Crippen LogP) is 4.88. The Kier molecular flexibility index (Phi) is 9.89. The Bertz CT molecular complexity index is 1460. The molecule has 2 aromatic carbocycles. The first-order valence-corrected chi connectivity index (χ1v) is 17.7. The van der Waals surface area contributed by atoms with Crippen LogP contribution < -0.4 is 9.80 Å². The van der Waals surface area contributed by atoms with Gasteiger partial charge in [-0.05, 0) is 56.5 Å². The van der Waals surface area contributed by atoms with Crippen LogP contribution in [0, 0.1) is 11.8 Å². The number of amides is 3. The van der Waals surface area contributed by atoms with Gasteiger partial charge in [-0.3, -0.25) is 14.4 Å². The lowest BCUT2D eigenvalue weighted by molar-refractivity contribution is -0.143. The molecule has 6 rings (SSSR count). The van der Waals surface area contributed by atoms with Gasteiger partial charge in [0, 0.05) is 62.5 Å². The molecule has 4 aliphatic rings. The molecule has 0 aromatic heterocycles. The normalized spacial score (nSPS) is 27.0. The zero-order valence-corrected chi connectivity index (χ0v) is 27.8. The van der Waals surface area contributed by atoms with Gasteiger partial charge in [0.25, 0.3) is 5.91 Å². The van der Waals surface area contributed by atoms with Gasteiger partial charge in [0.05, 0.1) is 16.6 Å². The minimum absolute atomic E-state index is 0.0148. The van der Waals surface area contributed by atoms with Crippen molar-refractivity contribution < 1.29 is 19.5 Å². The quantitative estimate of drug-likeness (QED) is 0.263. The lowest BCUT2D eigenvalue weighted by Gasteiger charge is -2.35. The van der Waals surface area contributed by atoms with E-state index in [1.165, 1.54) is 0 Å². The summed E-state index contributed by atoms with van der Waals surface area (Å²) in [6, 6.07) is 17.4. The predicted molar refractivity (Wildman–Crippen MR) is 185 cm³/mol. The molecule has 5 atom stereocenters. The van der Waals surface area contributed by atoms with Crippen LogP contribution in [0.4, 0.5) is 11.4 Å². The van der Waals surface area contributed by atoms with E-state index in [1.807, 2.05) is 58.3 Å². The molecular weight excluding hydrogens is 596 g/mol. The van der Waals surface area contributed by atoms with E-state index in [2.05, 4.69) is 49.1 Å². The number of fused-ring (bicyclic) bond motifs is 2. The molecule has 1 spiro atoms. The Morgan fingerprint density at radius 2 is 1.61 bits per heavy atom. The lowest BCUT2D eigenvalue weighted by Crippen LogP contribution is -2.53. The largest absolute Gasteiger partial charge is 0.396 e. The van der Waals surface area contributed by atoms with Crippen molar-refractivity contribution in [2.45, 2.75) is 62.1 Å². The summed E-state index contributed by atoms with van der Waals surface area (Å²) in [4.78, 5) is 51.5. The minimum Gasteiger partial charge on any atom is -0.396 e. The minimum atomic E-state index is -0.833. The number of thioether (sulfide) groups is 1. The van der Waals surface area contributed by atoms with Crippen molar-refractivity contribution in [3.8, 4) is 0 Å². The van der Waals surface area contributed by atoms with Gasteiger partial charge >= 0.3 is 0 Å². The van der Waals surface area contributed by atoms with Gasteiger partial charge in [-0.1, -0.05) is 67.5 Å². The van der Waals surface area contributed by atoms with Crippen molar-refractivity contribution in [2.24, 2.45) is 11.8 Å². The first-order chi connectivity index (χ1) is 22.4. The van der Waals surface area contributed by atoms with Gasteiger partial charge in [0.1, 0.15) is 6.04 Å². The van der Waals surface area contributed by atoms with Crippen LogP contribution in [0.15, 0.2) is 78.9 Å². The van der Waals surface area contributed by atoms with Gasteiger partial charge in [-0.15, -0.1) is 11.8 Å². The summed E-state index contributed by atoms with van der Waals surface area (Å²) < 4.78 is -0.833. The maximum atomic E-state index is 14.8. The van der Waals surface area contributed by atoms with Gasteiger partial charge < -0.3 is 24.7 Å². The summed E-state index contributed by atoms with van der Waals surface area (Å²) >= 11 is 1.63. The number of unbranched alkanes of at least 4 members (excludes halogenated alkanes) is 3. The van der Waals surface area contributed by atoms with Crippen molar-refractivity contribution in [3.05, 3.63) is 84.5 Å². The molecule has 4 aliphatic heterocycles. The van der Waals surface area contributed by atoms with Crippen molar-refractivity contribution in [1.29, 1.82) is 0 Å². The molecule has 0 radical (unpaired) electrons. The Balaban J connectivity index is 1.34. The van der Waals surface area contributed by atoms with Crippen molar-refractivity contribution in [3.63, 3.8) is 0 Å². The molecule has 1 unspecified atom stereocenters. The molecule has 2 fully saturated rings. The van der Waals surface area contributed by atoms with Crippen LogP contribution in [-0.4, -0.2) is 88.0 Å². The maximum Gasteiger partial charge on any atom is 0.251 e. The number of rotatable bonds is 12. The van der Waals surface area contributed by atoms with Gasteiger partial charge in [-0.25, -0.2) is 0 Å². The second-order valence-electron chi connectivity index (χ2n) is 12.7. The molecule has 2 aromatic rings. The Hall–Kier alpha value is -3.56. The molecule has 9 heteroatoms. The molecule has 0 bridgehead atoms. The second-order valence-corrected chi connectivity index (χ2v) is 14.2. The fourth-order valence-electron chi connectivity index (χ4n) is 7.79. The number of carbonyl (C=O) groups excluding carboxylic acids is 3. The van der Waals surface area contributed by atoms with E-state index < -0.39 is 22.6 Å². The van der Waals surface area contributed by atoms with Gasteiger partial charge in [0.15, 0.2) is 0 Å². The van der Waals surface area contributed by atoms with E-state index in [0.29, 0.717) is 26.2 Å². The lowest BCUT2D eigenvalue weighted by atomic mass is 9.78. The topological polar surface area (TPSA) is 84.4 Å². The molecule has 46 heavy (non-hydrogen) atoms. The molecule has 8 nitrogen and oxygen atoms in total. The first-order valence-electron chi connectivity index (χ1n) is 16.9. The highest BCUT2D eigenvalue weighted by atomic mass is 32.2. The highest BCUT2D eigenvalue weighted by Crippen LogP contribution is 2.61. The highest BCUT2D eigenvalue weighted by molar-refractivity contribution is 8.02. The Morgan fingerprint density at radius 1 is 0.870 bits per heavy atom. The van der Waals surface area contributed by atoms with Crippen molar-refractivity contribution in [2.75, 3.05) is 49.1 Å². The van der Waals surface area contributed by atoms with Crippen LogP contribution in [-0.2, 0) is 20.9 Å². The number of hydrogen-bond acceptors (Lipinski definition) is 6. The summed E-state index contributed by atoms with van der Waals surface area (Å²) in [5, 5.41) is 9.08. The van der Waals surface area contributed by atoms with E-state index in [-0.39, 0.29) is 29.6 Å². The fraction of sp³-hybridized carbons (Fsp3) is 0.486. The molecule has 2 saturated heterocycles. The van der Waals surface area contributed by atoms with Crippen LogP contribution in [0.2, 0.25) is 0 Å². The van der Waals surface area contributed by atoms with E-state index in [0.717, 1.165) is 55.7 Å². The third kappa shape index (κ3) is 5.88. The highest BCUT2D eigenvalue weighted by Gasteiger charge is 2.71. The van der Waals surface area contributed by atoms with E-state index >= 15 is 0 Å². The Labute approximate surface area is 277 Å². The molecule has 3 amide bonds. The van der Waals surface area contributed by atoms with Crippen LogP contribution in [0.25, 0.3) is 0 Å². The number of anilines is 2. The zero-order valence-electron chi connectivity index (χ0n) is 27.0.